The lowest BCUT2D eigenvalue weighted by Crippen LogP contribution is -2.25. The normalized spacial score (nSPS) is 19.2. The van der Waals surface area contributed by atoms with Crippen LogP contribution in [-0.2, 0) is 5.41 Å². The van der Waals surface area contributed by atoms with Crippen LogP contribution in [0.25, 0.3) is 22.5 Å². The third kappa shape index (κ3) is 6.31. The predicted molar refractivity (Wildman–Crippen MR) is 143 cm³/mol. The van der Waals surface area contributed by atoms with Gasteiger partial charge < -0.3 is 20.2 Å². The van der Waals surface area contributed by atoms with Gasteiger partial charge in [0.05, 0.1) is 11.6 Å². The number of aryl methyl sites for hydroxylation is 1. The van der Waals surface area contributed by atoms with Gasteiger partial charge in [0, 0.05) is 24.2 Å². The van der Waals surface area contributed by atoms with E-state index in [-0.39, 0.29) is 16.9 Å². The van der Waals surface area contributed by atoms with Crippen molar-refractivity contribution in [1.82, 2.24) is 15.2 Å². The van der Waals surface area contributed by atoms with Gasteiger partial charge in [-0.2, -0.15) is 0 Å². The molecule has 2 atom stereocenters. The number of aliphatic hydroxyl groups excluding tert-OH is 1. The number of nitrogens with zero attached hydrogens (tertiary/aromatic N) is 3. The molecular weight excluding hydrogens is 438 g/mol. The summed E-state index contributed by atoms with van der Waals surface area (Å²) in [6.45, 7) is 17.1. The summed E-state index contributed by atoms with van der Waals surface area (Å²) in [6, 6.07) is 6.85. The van der Waals surface area contributed by atoms with E-state index in [9.17, 15) is 5.11 Å². The third-order valence-corrected chi connectivity index (χ3v) is 6.69. The molecule has 1 aliphatic carbocycles. The number of aromatic nitrogens is 3. The highest BCUT2D eigenvalue weighted by Crippen LogP contribution is 2.35. The molecule has 35 heavy (non-hydrogen) atoms. The molecule has 3 N–H and O–H groups in total. The van der Waals surface area contributed by atoms with Gasteiger partial charge in [-0.25, -0.2) is 4.98 Å². The zero-order valence-electron chi connectivity index (χ0n) is 22.3. The molecule has 1 aromatic carbocycles. The maximum atomic E-state index is 9.91. The average Bonchev–Trinajstić information content (AvgIpc) is 3.24. The highest BCUT2D eigenvalue weighted by atomic mass is 16.4. The first-order chi connectivity index (χ1) is 16.4. The van der Waals surface area contributed by atoms with Gasteiger partial charge in [0.15, 0.2) is 0 Å². The van der Waals surface area contributed by atoms with Crippen molar-refractivity contribution >= 4 is 22.6 Å². The van der Waals surface area contributed by atoms with E-state index in [1.807, 2.05) is 6.07 Å². The Balaban J connectivity index is 1.62. The molecular formula is C28H41N5O2. The van der Waals surface area contributed by atoms with Crippen LogP contribution in [0.4, 0.5) is 11.7 Å². The number of pyridine rings is 1. The van der Waals surface area contributed by atoms with Crippen LogP contribution in [0.2, 0.25) is 0 Å². The lowest BCUT2D eigenvalue weighted by molar-refractivity contribution is 0.104. The second-order valence-electron chi connectivity index (χ2n) is 12.4. The Morgan fingerprint density at radius 2 is 1.80 bits per heavy atom. The maximum Gasteiger partial charge on any atom is 0.315 e. The number of hydrogen-bond donors (Lipinski definition) is 3. The lowest BCUT2D eigenvalue weighted by Gasteiger charge is -2.25. The van der Waals surface area contributed by atoms with Gasteiger partial charge in [-0.05, 0) is 72.3 Å². The molecule has 3 aromatic rings. The number of nitrogens with one attached hydrogen (secondary N) is 2. The Labute approximate surface area is 209 Å². The highest BCUT2D eigenvalue weighted by Gasteiger charge is 2.23. The first kappa shape index (κ1) is 25.4. The Hall–Kier alpha value is -2.67. The Morgan fingerprint density at radius 3 is 2.49 bits per heavy atom. The fourth-order valence-corrected chi connectivity index (χ4v) is 4.72. The summed E-state index contributed by atoms with van der Waals surface area (Å²) in [7, 11) is 0. The molecule has 7 heteroatoms. The van der Waals surface area contributed by atoms with E-state index in [0.29, 0.717) is 23.5 Å². The molecule has 4 rings (SSSR count). The van der Waals surface area contributed by atoms with Crippen LogP contribution >= 0.6 is 0 Å². The van der Waals surface area contributed by atoms with E-state index in [1.54, 1.807) is 0 Å². The maximum absolute atomic E-state index is 9.91. The fourth-order valence-electron chi connectivity index (χ4n) is 4.72. The van der Waals surface area contributed by atoms with Crippen LogP contribution in [0.15, 0.2) is 22.6 Å². The summed E-state index contributed by atoms with van der Waals surface area (Å²) in [5, 5.41) is 26.4. The van der Waals surface area contributed by atoms with Crippen LogP contribution in [0.3, 0.4) is 0 Å². The predicted octanol–water partition coefficient (Wildman–Crippen LogP) is 6.31. The van der Waals surface area contributed by atoms with Gasteiger partial charge in [-0.3, -0.25) is 0 Å². The molecule has 0 saturated heterocycles. The van der Waals surface area contributed by atoms with E-state index < -0.39 is 0 Å². The molecule has 0 radical (unpaired) electrons. The zero-order valence-corrected chi connectivity index (χ0v) is 22.3. The second kappa shape index (κ2) is 9.76. The summed E-state index contributed by atoms with van der Waals surface area (Å²) < 4.78 is 5.95. The van der Waals surface area contributed by atoms with Gasteiger partial charge in [-0.15, -0.1) is 5.10 Å². The summed E-state index contributed by atoms with van der Waals surface area (Å²) in [5.41, 5.74) is 5.19. The number of aliphatic hydroxyl groups is 1. The van der Waals surface area contributed by atoms with Crippen LogP contribution < -0.4 is 10.6 Å². The largest absolute Gasteiger partial charge is 0.402 e. The minimum atomic E-state index is -0.195. The first-order valence-corrected chi connectivity index (χ1v) is 12.8. The van der Waals surface area contributed by atoms with E-state index in [1.165, 1.54) is 5.56 Å². The lowest BCUT2D eigenvalue weighted by atomic mass is 9.84. The molecule has 2 aromatic heterocycles. The molecule has 1 aliphatic rings. The van der Waals surface area contributed by atoms with E-state index in [4.69, 9.17) is 9.40 Å². The van der Waals surface area contributed by atoms with Gasteiger partial charge in [0.25, 0.3) is 5.89 Å². The molecule has 0 amide bonds. The summed E-state index contributed by atoms with van der Waals surface area (Å²) in [5.74, 6) is 0.835. The molecule has 190 valence electrons. The topological polar surface area (TPSA) is 96.1 Å². The van der Waals surface area contributed by atoms with Crippen molar-refractivity contribution in [2.45, 2.75) is 85.7 Å². The number of anilines is 2. The molecule has 0 aliphatic heterocycles. The summed E-state index contributed by atoms with van der Waals surface area (Å²) in [4.78, 5) is 5.01. The van der Waals surface area contributed by atoms with E-state index in [0.717, 1.165) is 60.9 Å². The van der Waals surface area contributed by atoms with Crippen molar-refractivity contribution < 1.29 is 9.52 Å². The molecule has 1 fully saturated rings. The monoisotopic (exact) mass is 479 g/mol. The third-order valence-electron chi connectivity index (χ3n) is 6.69. The smallest absolute Gasteiger partial charge is 0.315 e. The van der Waals surface area contributed by atoms with Gasteiger partial charge in [-0.1, -0.05) is 53.1 Å². The van der Waals surface area contributed by atoms with Crippen LogP contribution in [0, 0.1) is 18.3 Å². The quantitative estimate of drug-likeness (QED) is 0.381. The van der Waals surface area contributed by atoms with Crippen LogP contribution in [-0.4, -0.2) is 39.5 Å². The minimum absolute atomic E-state index is 0.0815. The van der Waals surface area contributed by atoms with Gasteiger partial charge in [0.2, 0.25) is 0 Å². The fraction of sp³-hybridized carbons (Fsp3) is 0.607. The first-order valence-electron chi connectivity index (χ1n) is 12.8. The van der Waals surface area contributed by atoms with Gasteiger partial charge in [0.1, 0.15) is 5.69 Å². The van der Waals surface area contributed by atoms with E-state index in [2.05, 4.69) is 81.4 Å². The van der Waals surface area contributed by atoms with Crippen LogP contribution in [0.5, 0.6) is 0 Å². The Morgan fingerprint density at radius 1 is 1.03 bits per heavy atom. The van der Waals surface area contributed by atoms with Crippen LogP contribution in [0.1, 0.15) is 78.4 Å². The van der Waals surface area contributed by atoms with Crippen molar-refractivity contribution in [3.8, 4) is 11.6 Å². The number of rotatable bonds is 6. The van der Waals surface area contributed by atoms with Crippen molar-refractivity contribution in [3.05, 3.63) is 29.3 Å². The van der Waals surface area contributed by atoms with Gasteiger partial charge >= 0.3 is 6.01 Å². The average molecular weight is 480 g/mol. The van der Waals surface area contributed by atoms with Crippen molar-refractivity contribution in [1.29, 1.82) is 0 Å². The zero-order chi connectivity index (χ0) is 25.4. The molecule has 1 saturated carbocycles. The molecule has 2 heterocycles. The van der Waals surface area contributed by atoms with Crippen molar-refractivity contribution in [2.24, 2.45) is 11.3 Å². The Bertz CT molecular complexity index is 1170. The SMILES string of the molecule is Cc1cc(-c2nnc(NCC3CCCC(O)C3)o2)nc2c(C(C)(C)C)cc(NCC(C)(C)C)cc12. The molecule has 0 bridgehead atoms. The van der Waals surface area contributed by atoms with Crippen molar-refractivity contribution in [3.63, 3.8) is 0 Å². The Kier molecular flexibility index (Phi) is 7.09. The summed E-state index contributed by atoms with van der Waals surface area (Å²) in [6.07, 6.45) is 3.70. The second-order valence-corrected chi connectivity index (χ2v) is 12.4. The molecule has 7 nitrogen and oxygen atoms in total. The molecule has 2 unspecified atom stereocenters. The standard InChI is InChI=1S/C28H41N5O2/c1-17-11-23(25-32-33-26(35-25)29-15-18-9-8-10-20(34)12-18)31-24-21(17)13-19(30-16-27(2,3)4)14-22(24)28(5,6)7/h11,13-14,18,20,30,34H,8-10,12,15-16H2,1-7H3,(H,29,33). The molecule has 0 spiro atoms. The minimum Gasteiger partial charge on any atom is -0.402 e. The number of benzene rings is 1. The highest BCUT2D eigenvalue weighted by molar-refractivity contribution is 5.90. The summed E-state index contributed by atoms with van der Waals surface area (Å²) >= 11 is 0. The number of hydrogen-bond acceptors (Lipinski definition) is 7. The number of fused-ring (bicyclic) bond motifs is 1. The van der Waals surface area contributed by atoms with E-state index >= 15 is 0 Å². The van der Waals surface area contributed by atoms with Crippen molar-refractivity contribution in [2.75, 3.05) is 23.7 Å².